The highest BCUT2D eigenvalue weighted by Crippen LogP contribution is 2.19. The number of nitrogens with zero attached hydrogens (tertiary/aromatic N) is 1. The molecule has 0 spiro atoms. The highest BCUT2D eigenvalue weighted by atomic mass is 35.5. The number of amides is 2. The summed E-state index contributed by atoms with van der Waals surface area (Å²) in [5, 5.41) is 3.44. The van der Waals surface area contributed by atoms with Crippen LogP contribution in [0.4, 0.5) is 5.69 Å². The Hall–Kier alpha value is -2.53. The largest absolute Gasteiger partial charge is 0.497 e. The Morgan fingerprint density at radius 1 is 1.15 bits per heavy atom. The summed E-state index contributed by atoms with van der Waals surface area (Å²) in [6, 6.07) is 12.9. The maximum atomic E-state index is 12.3. The van der Waals surface area contributed by atoms with Crippen molar-refractivity contribution in [3.05, 3.63) is 58.6 Å². The minimum absolute atomic E-state index is 0.00749. The third kappa shape index (κ3) is 5.77. The van der Waals surface area contributed by atoms with Gasteiger partial charge in [-0.3, -0.25) is 9.59 Å². The second-order valence-corrected chi connectivity index (χ2v) is 6.48. The lowest BCUT2D eigenvalue weighted by molar-refractivity contribution is -0.132. The number of aryl methyl sites for hydroxylation is 1. The van der Waals surface area contributed by atoms with Gasteiger partial charge in [0.2, 0.25) is 11.8 Å². The van der Waals surface area contributed by atoms with Gasteiger partial charge in [0.05, 0.1) is 13.7 Å². The lowest BCUT2D eigenvalue weighted by atomic mass is 10.1. The average Bonchev–Trinajstić information content (AvgIpc) is 2.61. The van der Waals surface area contributed by atoms with Crippen molar-refractivity contribution < 1.29 is 14.3 Å². The minimum atomic E-state index is -0.236. The molecule has 0 aliphatic carbocycles. The van der Waals surface area contributed by atoms with Crippen molar-refractivity contribution in [2.24, 2.45) is 0 Å². The number of hydrogen-bond acceptors (Lipinski definition) is 3. The normalized spacial score (nSPS) is 10.3. The van der Waals surface area contributed by atoms with Crippen LogP contribution in [0.25, 0.3) is 0 Å². The fourth-order valence-electron chi connectivity index (χ4n) is 2.53. The van der Waals surface area contributed by atoms with E-state index in [0.717, 1.165) is 16.9 Å². The molecule has 2 amide bonds. The van der Waals surface area contributed by atoms with Gasteiger partial charge < -0.3 is 15.0 Å². The third-order valence-electron chi connectivity index (χ3n) is 4.07. The van der Waals surface area contributed by atoms with Crippen molar-refractivity contribution in [1.82, 2.24) is 4.90 Å². The molecule has 0 saturated carbocycles. The molecule has 0 aliphatic heterocycles. The molecule has 0 fully saturated rings. The summed E-state index contributed by atoms with van der Waals surface area (Å²) in [7, 11) is 1.62. The van der Waals surface area contributed by atoms with Gasteiger partial charge in [0.1, 0.15) is 5.75 Å². The standard InChI is InChI=1S/C20H23ClN2O3/c1-14-12-17(21)6-9-19(14)22-20(25)13-23(15(2)24)11-10-16-4-7-18(26-3)8-5-16/h4-9,12H,10-11,13H2,1-3H3,(H,22,25). The monoisotopic (exact) mass is 374 g/mol. The van der Waals surface area contributed by atoms with E-state index >= 15 is 0 Å². The SMILES string of the molecule is COc1ccc(CCN(CC(=O)Nc2ccc(Cl)cc2C)C(C)=O)cc1. The van der Waals surface area contributed by atoms with Gasteiger partial charge in [-0.05, 0) is 54.8 Å². The topological polar surface area (TPSA) is 58.6 Å². The first-order chi connectivity index (χ1) is 12.4. The molecule has 5 nitrogen and oxygen atoms in total. The van der Waals surface area contributed by atoms with E-state index in [1.807, 2.05) is 31.2 Å². The molecular weight excluding hydrogens is 352 g/mol. The number of benzene rings is 2. The first-order valence-electron chi connectivity index (χ1n) is 8.33. The van der Waals surface area contributed by atoms with E-state index in [1.165, 1.54) is 11.8 Å². The van der Waals surface area contributed by atoms with Gasteiger partial charge in [0, 0.05) is 24.2 Å². The zero-order valence-electron chi connectivity index (χ0n) is 15.2. The Kier molecular flexibility index (Phi) is 7.04. The number of hydrogen-bond donors (Lipinski definition) is 1. The molecular formula is C20H23ClN2O3. The van der Waals surface area contributed by atoms with E-state index in [4.69, 9.17) is 16.3 Å². The number of methoxy groups -OCH3 is 1. The van der Waals surface area contributed by atoms with Crippen LogP contribution < -0.4 is 10.1 Å². The zero-order chi connectivity index (χ0) is 19.1. The summed E-state index contributed by atoms with van der Waals surface area (Å²) >= 11 is 5.92. The Bertz CT molecular complexity index is 775. The molecule has 0 unspecified atom stereocenters. The molecule has 0 aliphatic rings. The molecule has 0 saturated heterocycles. The first-order valence-corrected chi connectivity index (χ1v) is 8.71. The molecule has 0 radical (unpaired) electrons. The van der Waals surface area contributed by atoms with E-state index in [9.17, 15) is 9.59 Å². The Labute approximate surface area is 158 Å². The van der Waals surface area contributed by atoms with Crippen LogP contribution in [-0.4, -0.2) is 36.9 Å². The van der Waals surface area contributed by atoms with Crippen LogP contribution in [0.2, 0.25) is 5.02 Å². The summed E-state index contributed by atoms with van der Waals surface area (Å²) in [5.41, 5.74) is 2.64. The molecule has 0 heterocycles. The average molecular weight is 375 g/mol. The molecule has 26 heavy (non-hydrogen) atoms. The molecule has 2 aromatic rings. The smallest absolute Gasteiger partial charge is 0.244 e. The lowest BCUT2D eigenvalue weighted by Crippen LogP contribution is -2.38. The highest BCUT2D eigenvalue weighted by Gasteiger charge is 2.14. The maximum Gasteiger partial charge on any atom is 0.244 e. The number of carbonyl (C=O) groups excluding carboxylic acids is 2. The molecule has 0 aromatic heterocycles. The highest BCUT2D eigenvalue weighted by molar-refractivity contribution is 6.30. The van der Waals surface area contributed by atoms with Gasteiger partial charge in [-0.25, -0.2) is 0 Å². The number of halogens is 1. The van der Waals surface area contributed by atoms with Crippen molar-refractivity contribution in [3.8, 4) is 5.75 Å². The van der Waals surface area contributed by atoms with Crippen molar-refractivity contribution in [2.45, 2.75) is 20.3 Å². The van der Waals surface area contributed by atoms with Crippen LogP contribution in [0, 0.1) is 6.92 Å². The van der Waals surface area contributed by atoms with Crippen LogP contribution in [0.1, 0.15) is 18.1 Å². The summed E-state index contributed by atoms with van der Waals surface area (Å²) < 4.78 is 5.13. The molecule has 138 valence electrons. The van der Waals surface area contributed by atoms with E-state index in [0.29, 0.717) is 23.7 Å². The van der Waals surface area contributed by atoms with E-state index in [1.54, 1.807) is 25.3 Å². The second kappa shape index (κ2) is 9.25. The van der Waals surface area contributed by atoms with Crippen LogP contribution in [0.3, 0.4) is 0 Å². The van der Waals surface area contributed by atoms with Gasteiger partial charge >= 0.3 is 0 Å². The minimum Gasteiger partial charge on any atom is -0.497 e. The van der Waals surface area contributed by atoms with Crippen LogP contribution in [0.5, 0.6) is 5.75 Å². The Balaban J connectivity index is 1.93. The predicted molar refractivity (Wildman–Crippen MR) is 104 cm³/mol. The van der Waals surface area contributed by atoms with E-state index in [2.05, 4.69) is 5.32 Å². The summed E-state index contributed by atoms with van der Waals surface area (Å²) in [5.74, 6) is 0.414. The van der Waals surface area contributed by atoms with Gasteiger partial charge in [0.25, 0.3) is 0 Å². The summed E-state index contributed by atoms with van der Waals surface area (Å²) in [6.45, 7) is 3.81. The summed E-state index contributed by atoms with van der Waals surface area (Å²) in [4.78, 5) is 25.7. The predicted octanol–water partition coefficient (Wildman–Crippen LogP) is 3.69. The van der Waals surface area contributed by atoms with Gasteiger partial charge in [0.15, 0.2) is 0 Å². The number of anilines is 1. The third-order valence-corrected chi connectivity index (χ3v) is 4.31. The lowest BCUT2D eigenvalue weighted by Gasteiger charge is -2.21. The molecule has 0 atom stereocenters. The van der Waals surface area contributed by atoms with Crippen molar-refractivity contribution in [3.63, 3.8) is 0 Å². The number of carbonyl (C=O) groups is 2. The van der Waals surface area contributed by atoms with Crippen LogP contribution in [-0.2, 0) is 16.0 Å². The Morgan fingerprint density at radius 3 is 2.42 bits per heavy atom. The quantitative estimate of drug-likeness (QED) is 0.804. The fourth-order valence-corrected chi connectivity index (χ4v) is 2.76. The molecule has 2 aromatic carbocycles. The van der Waals surface area contributed by atoms with Crippen LogP contribution in [0.15, 0.2) is 42.5 Å². The maximum absolute atomic E-state index is 12.3. The van der Waals surface area contributed by atoms with Crippen molar-refractivity contribution in [1.29, 1.82) is 0 Å². The van der Waals surface area contributed by atoms with Crippen LogP contribution >= 0.6 is 11.6 Å². The molecule has 2 rings (SSSR count). The molecule has 6 heteroatoms. The van der Waals surface area contributed by atoms with E-state index < -0.39 is 0 Å². The number of ether oxygens (including phenoxy) is 1. The zero-order valence-corrected chi connectivity index (χ0v) is 16.0. The van der Waals surface area contributed by atoms with Gasteiger partial charge in [-0.1, -0.05) is 23.7 Å². The second-order valence-electron chi connectivity index (χ2n) is 6.05. The van der Waals surface area contributed by atoms with E-state index in [-0.39, 0.29) is 18.4 Å². The van der Waals surface area contributed by atoms with Gasteiger partial charge in [-0.15, -0.1) is 0 Å². The van der Waals surface area contributed by atoms with Gasteiger partial charge in [-0.2, -0.15) is 0 Å². The number of rotatable bonds is 7. The Morgan fingerprint density at radius 2 is 1.85 bits per heavy atom. The fraction of sp³-hybridized carbons (Fsp3) is 0.300. The van der Waals surface area contributed by atoms with Crippen molar-refractivity contribution in [2.75, 3.05) is 25.5 Å². The molecule has 0 bridgehead atoms. The van der Waals surface area contributed by atoms with Crippen molar-refractivity contribution >= 4 is 29.1 Å². The summed E-state index contributed by atoms with van der Waals surface area (Å²) in [6.07, 6.45) is 0.664. The first kappa shape index (κ1) is 19.8. The molecule has 1 N–H and O–H groups in total. The number of nitrogens with one attached hydrogen (secondary N) is 1.